The quantitative estimate of drug-likeness (QED) is 0.721. The van der Waals surface area contributed by atoms with Crippen LogP contribution in [0.4, 0.5) is 0 Å². The summed E-state index contributed by atoms with van der Waals surface area (Å²) in [7, 11) is 0. The maximum atomic E-state index is 11.0. The fourth-order valence-corrected chi connectivity index (χ4v) is 1.15. The molecule has 0 aliphatic carbocycles. The number of pyridine rings is 1. The zero-order valence-corrected chi connectivity index (χ0v) is 9.01. The topological polar surface area (TPSA) is 63.0 Å². The lowest BCUT2D eigenvalue weighted by atomic mass is 10.2. The van der Waals surface area contributed by atoms with Gasteiger partial charge in [0.15, 0.2) is 0 Å². The minimum absolute atomic E-state index is 0.202. The summed E-state index contributed by atoms with van der Waals surface area (Å²) in [6.07, 6.45) is 5.12. The van der Waals surface area contributed by atoms with Gasteiger partial charge in [0.2, 0.25) is 0 Å². The molecule has 0 saturated carbocycles. The van der Waals surface area contributed by atoms with Crippen LogP contribution in [0.3, 0.4) is 0 Å². The van der Waals surface area contributed by atoms with Crippen LogP contribution in [-0.4, -0.2) is 17.6 Å². The van der Waals surface area contributed by atoms with Gasteiger partial charge >= 0.3 is 5.97 Å². The number of hydrogen-bond acceptors (Lipinski definition) is 4. The maximum absolute atomic E-state index is 11.0. The van der Waals surface area contributed by atoms with Crippen LogP contribution in [0.5, 0.6) is 0 Å². The molecule has 1 rings (SSSR count). The summed E-state index contributed by atoms with van der Waals surface area (Å²) in [5.41, 5.74) is 1.05. The number of rotatable bonds is 4. The highest BCUT2D eigenvalue weighted by Crippen LogP contribution is 2.06. The van der Waals surface area contributed by atoms with Crippen molar-refractivity contribution in [2.75, 3.05) is 6.61 Å². The number of esters is 1. The number of aromatic nitrogens is 1. The Labute approximate surface area is 94.2 Å². The van der Waals surface area contributed by atoms with Gasteiger partial charge in [-0.3, -0.25) is 4.79 Å². The fourth-order valence-electron chi connectivity index (χ4n) is 1.15. The molecule has 0 N–H and O–H groups in total. The molecule has 0 amide bonds. The first-order chi connectivity index (χ1) is 7.77. The highest BCUT2D eigenvalue weighted by atomic mass is 16.5. The molecule has 4 heteroatoms. The van der Waals surface area contributed by atoms with E-state index in [9.17, 15) is 4.79 Å². The van der Waals surface area contributed by atoms with E-state index in [-0.39, 0.29) is 12.4 Å². The van der Waals surface area contributed by atoms with Crippen LogP contribution in [-0.2, 0) is 9.53 Å². The van der Waals surface area contributed by atoms with Crippen molar-refractivity contribution in [3.05, 3.63) is 35.7 Å². The smallest absolute Gasteiger partial charge is 0.309 e. The molecule has 0 aliphatic rings. The van der Waals surface area contributed by atoms with E-state index < -0.39 is 0 Å². The summed E-state index contributed by atoms with van der Waals surface area (Å²) in [6.45, 7) is 2.14. The molecule has 1 aromatic rings. The van der Waals surface area contributed by atoms with E-state index in [1.165, 1.54) is 0 Å². The Morgan fingerprint density at radius 1 is 1.69 bits per heavy atom. The second-order valence-electron chi connectivity index (χ2n) is 2.96. The summed E-state index contributed by atoms with van der Waals surface area (Å²) < 4.78 is 4.77. The SMILES string of the molecule is CCOC(=O)CC=Cc1cccnc1C#N. The summed E-state index contributed by atoms with van der Waals surface area (Å²) in [5.74, 6) is -0.277. The van der Waals surface area contributed by atoms with Crippen molar-refractivity contribution >= 4 is 12.0 Å². The standard InChI is InChI=1S/C12H12N2O2/c1-2-16-12(15)7-3-5-10-6-4-8-14-11(10)9-13/h3-6,8H,2,7H2,1H3. The second kappa shape index (κ2) is 6.36. The van der Waals surface area contributed by atoms with Crippen LogP contribution in [0.1, 0.15) is 24.6 Å². The molecule has 0 fully saturated rings. The molecule has 16 heavy (non-hydrogen) atoms. The van der Waals surface area contributed by atoms with E-state index in [0.717, 1.165) is 0 Å². The molecule has 0 radical (unpaired) electrons. The second-order valence-corrected chi connectivity index (χ2v) is 2.96. The van der Waals surface area contributed by atoms with Crippen molar-refractivity contribution in [2.45, 2.75) is 13.3 Å². The van der Waals surface area contributed by atoms with Crippen LogP contribution in [0, 0.1) is 11.3 Å². The molecule has 0 aliphatic heterocycles. The molecule has 4 nitrogen and oxygen atoms in total. The first kappa shape index (κ1) is 11.9. The number of ether oxygens (including phenoxy) is 1. The van der Waals surface area contributed by atoms with Gasteiger partial charge in [-0.25, -0.2) is 4.98 Å². The molecule has 1 aromatic heterocycles. The third-order valence-electron chi connectivity index (χ3n) is 1.83. The molecule has 82 valence electrons. The van der Waals surface area contributed by atoms with E-state index in [0.29, 0.717) is 17.9 Å². The molecular weight excluding hydrogens is 204 g/mol. The van der Waals surface area contributed by atoms with Gasteiger partial charge in [-0.05, 0) is 13.0 Å². The largest absolute Gasteiger partial charge is 0.466 e. The fraction of sp³-hybridized carbons (Fsp3) is 0.250. The number of nitriles is 1. The summed E-state index contributed by atoms with van der Waals surface area (Å²) in [6, 6.07) is 5.49. The van der Waals surface area contributed by atoms with E-state index in [1.807, 2.05) is 6.07 Å². The molecule has 0 spiro atoms. The Kier molecular flexibility index (Phi) is 4.74. The average molecular weight is 216 g/mol. The average Bonchev–Trinajstić information content (AvgIpc) is 2.30. The Bertz CT molecular complexity index is 433. The van der Waals surface area contributed by atoms with Gasteiger partial charge in [0.1, 0.15) is 11.8 Å². The number of hydrogen-bond donors (Lipinski definition) is 0. The minimum atomic E-state index is -0.277. The van der Waals surface area contributed by atoms with Gasteiger partial charge in [-0.15, -0.1) is 0 Å². The van der Waals surface area contributed by atoms with Crippen molar-refractivity contribution in [3.63, 3.8) is 0 Å². The summed E-state index contributed by atoms with van der Waals surface area (Å²) >= 11 is 0. The molecule has 0 bridgehead atoms. The molecular formula is C12H12N2O2. The van der Waals surface area contributed by atoms with E-state index in [2.05, 4.69) is 4.98 Å². The summed E-state index contributed by atoms with van der Waals surface area (Å²) in [4.78, 5) is 14.9. The number of carbonyl (C=O) groups is 1. The highest BCUT2D eigenvalue weighted by molar-refractivity contribution is 5.72. The van der Waals surface area contributed by atoms with Crippen LogP contribution in [0.15, 0.2) is 24.4 Å². The Morgan fingerprint density at radius 3 is 3.19 bits per heavy atom. The van der Waals surface area contributed by atoms with Gasteiger partial charge in [0.05, 0.1) is 13.0 Å². The first-order valence-electron chi connectivity index (χ1n) is 4.95. The lowest BCUT2D eigenvalue weighted by Crippen LogP contribution is -2.01. The van der Waals surface area contributed by atoms with Crippen molar-refractivity contribution in [1.82, 2.24) is 4.98 Å². The normalized spacial score (nSPS) is 10.0. The zero-order valence-electron chi connectivity index (χ0n) is 9.01. The number of nitrogens with zero attached hydrogens (tertiary/aromatic N) is 2. The van der Waals surface area contributed by atoms with Crippen LogP contribution in [0.2, 0.25) is 0 Å². The maximum Gasteiger partial charge on any atom is 0.309 e. The van der Waals surface area contributed by atoms with Gasteiger partial charge in [0.25, 0.3) is 0 Å². The molecule has 0 saturated heterocycles. The Hall–Kier alpha value is -2.15. The summed E-state index contributed by atoms with van der Waals surface area (Å²) in [5, 5.41) is 8.77. The van der Waals surface area contributed by atoms with Crippen molar-refractivity contribution in [2.24, 2.45) is 0 Å². The lowest BCUT2D eigenvalue weighted by Gasteiger charge is -1.97. The van der Waals surface area contributed by atoms with Gasteiger partial charge < -0.3 is 4.74 Å². The third kappa shape index (κ3) is 3.54. The molecule has 1 heterocycles. The molecule has 0 aromatic carbocycles. The zero-order chi connectivity index (χ0) is 11.8. The Balaban J connectivity index is 2.63. The van der Waals surface area contributed by atoms with Gasteiger partial charge in [-0.1, -0.05) is 18.2 Å². The predicted molar refractivity (Wildman–Crippen MR) is 59.2 cm³/mol. The van der Waals surface area contributed by atoms with Crippen molar-refractivity contribution < 1.29 is 9.53 Å². The van der Waals surface area contributed by atoms with Crippen LogP contribution < -0.4 is 0 Å². The number of carbonyl (C=O) groups excluding carboxylic acids is 1. The molecule has 0 atom stereocenters. The van der Waals surface area contributed by atoms with E-state index in [1.54, 1.807) is 37.4 Å². The van der Waals surface area contributed by atoms with Crippen molar-refractivity contribution in [1.29, 1.82) is 5.26 Å². The van der Waals surface area contributed by atoms with Crippen LogP contribution in [0.25, 0.3) is 6.08 Å². The van der Waals surface area contributed by atoms with Gasteiger partial charge in [-0.2, -0.15) is 5.26 Å². The Morgan fingerprint density at radius 2 is 2.50 bits per heavy atom. The van der Waals surface area contributed by atoms with Gasteiger partial charge in [0, 0.05) is 11.8 Å². The van der Waals surface area contributed by atoms with Crippen LogP contribution >= 0.6 is 0 Å². The van der Waals surface area contributed by atoms with E-state index in [4.69, 9.17) is 10.00 Å². The highest BCUT2D eigenvalue weighted by Gasteiger charge is 1.99. The first-order valence-corrected chi connectivity index (χ1v) is 4.95. The lowest BCUT2D eigenvalue weighted by molar-refractivity contribution is -0.142. The van der Waals surface area contributed by atoms with E-state index >= 15 is 0 Å². The predicted octanol–water partition coefficient (Wildman–Crippen LogP) is 1.92. The minimum Gasteiger partial charge on any atom is -0.466 e. The monoisotopic (exact) mass is 216 g/mol. The van der Waals surface area contributed by atoms with Crippen molar-refractivity contribution in [3.8, 4) is 6.07 Å². The molecule has 0 unspecified atom stereocenters. The third-order valence-corrected chi connectivity index (χ3v) is 1.83.